The average molecular weight is 346 g/mol. The Balaban J connectivity index is 1.76. The van der Waals surface area contributed by atoms with Crippen molar-refractivity contribution in [2.45, 2.75) is 32.6 Å². The molecule has 2 heterocycles. The normalized spacial score (nSPS) is 24.0. The van der Waals surface area contributed by atoms with Gasteiger partial charge in [-0.15, -0.1) is 0 Å². The smallest absolute Gasteiger partial charge is 0.257 e. The van der Waals surface area contributed by atoms with E-state index in [9.17, 15) is 19.8 Å². The zero-order chi connectivity index (χ0) is 18.0. The fourth-order valence-corrected chi connectivity index (χ4v) is 4.13. The van der Waals surface area contributed by atoms with E-state index >= 15 is 0 Å². The molecule has 3 rings (SSSR count). The highest BCUT2D eigenvalue weighted by Crippen LogP contribution is 2.39. The Kier molecular flexibility index (Phi) is 4.99. The average Bonchev–Trinajstić information content (AvgIpc) is 2.58. The van der Waals surface area contributed by atoms with Gasteiger partial charge in [-0.05, 0) is 43.9 Å². The van der Waals surface area contributed by atoms with Crippen molar-refractivity contribution < 1.29 is 19.8 Å². The number of nitrogens with zero attached hydrogens (tertiary/aromatic N) is 2. The number of hydrogen-bond donors (Lipinski definition) is 2. The number of β-amino-alcohol motifs (C(OH)–C–C–N with tert-alkyl or cyclic N) is 1. The molecule has 2 saturated heterocycles. The molecule has 2 amide bonds. The van der Waals surface area contributed by atoms with Gasteiger partial charge < -0.3 is 20.0 Å². The Morgan fingerprint density at radius 3 is 2.80 bits per heavy atom. The van der Waals surface area contributed by atoms with Gasteiger partial charge in [0.25, 0.3) is 5.91 Å². The zero-order valence-electron chi connectivity index (χ0n) is 14.7. The van der Waals surface area contributed by atoms with Crippen molar-refractivity contribution in [2.24, 2.45) is 5.41 Å². The lowest BCUT2D eigenvalue weighted by Crippen LogP contribution is -2.55. The summed E-state index contributed by atoms with van der Waals surface area (Å²) >= 11 is 0. The molecule has 0 saturated carbocycles. The van der Waals surface area contributed by atoms with Crippen LogP contribution < -0.4 is 0 Å². The SMILES string of the molecule is Cc1ccc(C(=O)N2CCC[C@]3(CCC(=O)N(CCO)C3)C2)c(O)c1. The van der Waals surface area contributed by atoms with Crippen LogP contribution in [0.2, 0.25) is 0 Å². The third-order valence-electron chi connectivity index (χ3n) is 5.45. The van der Waals surface area contributed by atoms with E-state index < -0.39 is 0 Å². The van der Waals surface area contributed by atoms with Crippen LogP contribution in [0.5, 0.6) is 5.75 Å². The molecule has 0 aromatic heterocycles. The van der Waals surface area contributed by atoms with Crippen LogP contribution in [-0.2, 0) is 4.79 Å². The summed E-state index contributed by atoms with van der Waals surface area (Å²) in [6.45, 7) is 4.04. The molecular formula is C19H26N2O4. The highest BCUT2D eigenvalue weighted by Gasteiger charge is 2.42. The molecule has 2 aliphatic rings. The maximum atomic E-state index is 12.9. The molecule has 2 fully saturated rings. The van der Waals surface area contributed by atoms with Crippen LogP contribution in [-0.4, -0.2) is 64.6 Å². The standard InChI is InChI=1S/C19H26N2O4/c1-14-3-4-15(16(23)11-14)18(25)21-8-2-6-19(13-21)7-5-17(24)20(12-19)9-10-22/h3-4,11,22-23H,2,5-10,12-13H2,1H3/t19-/m1/s1. The number of phenolic OH excluding ortho intramolecular Hbond substituents is 1. The number of aryl methyl sites for hydroxylation is 1. The maximum Gasteiger partial charge on any atom is 0.257 e. The Morgan fingerprint density at radius 2 is 2.08 bits per heavy atom. The summed E-state index contributed by atoms with van der Waals surface area (Å²) in [6.07, 6.45) is 3.11. The van der Waals surface area contributed by atoms with Crippen molar-refractivity contribution in [2.75, 3.05) is 32.8 Å². The van der Waals surface area contributed by atoms with Gasteiger partial charge in [0.1, 0.15) is 5.75 Å². The highest BCUT2D eigenvalue weighted by molar-refractivity contribution is 5.97. The number of piperidine rings is 2. The van der Waals surface area contributed by atoms with Crippen LogP contribution in [0.4, 0.5) is 0 Å². The number of likely N-dealkylation sites (tertiary alicyclic amines) is 2. The molecule has 25 heavy (non-hydrogen) atoms. The maximum absolute atomic E-state index is 12.9. The van der Waals surface area contributed by atoms with E-state index in [-0.39, 0.29) is 29.6 Å². The number of aliphatic hydroxyl groups excluding tert-OH is 1. The summed E-state index contributed by atoms with van der Waals surface area (Å²) in [6, 6.07) is 5.11. The third-order valence-corrected chi connectivity index (χ3v) is 5.45. The van der Waals surface area contributed by atoms with Crippen LogP contribution >= 0.6 is 0 Å². The van der Waals surface area contributed by atoms with Gasteiger partial charge >= 0.3 is 0 Å². The minimum absolute atomic E-state index is 0.0188. The van der Waals surface area contributed by atoms with Crippen molar-refractivity contribution in [1.82, 2.24) is 9.80 Å². The van der Waals surface area contributed by atoms with Crippen molar-refractivity contribution in [3.8, 4) is 5.75 Å². The highest BCUT2D eigenvalue weighted by atomic mass is 16.3. The first kappa shape index (κ1) is 17.7. The molecule has 2 N–H and O–H groups in total. The third kappa shape index (κ3) is 3.63. The Hall–Kier alpha value is -2.08. The second kappa shape index (κ2) is 7.04. The van der Waals surface area contributed by atoms with Crippen LogP contribution in [0.25, 0.3) is 0 Å². The van der Waals surface area contributed by atoms with E-state index in [1.54, 1.807) is 21.9 Å². The van der Waals surface area contributed by atoms with E-state index in [0.717, 1.165) is 24.8 Å². The molecule has 0 bridgehead atoms. The molecule has 1 aromatic rings. The number of carbonyl (C=O) groups is 2. The van der Waals surface area contributed by atoms with E-state index in [1.165, 1.54) is 0 Å². The van der Waals surface area contributed by atoms with E-state index in [0.29, 0.717) is 38.2 Å². The summed E-state index contributed by atoms with van der Waals surface area (Å²) in [5.41, 5.74) is 1.15. The van der Waals surface area contributed by atoms with Gasteiger partial charge in [-0.25, -0.2) is 0 Å². The largest absolute Gasteiger partial charge is 0.507 e. The number of aliphatic hydroxyl groups is 1. The summed E-state index contributed by atoms with van der Waals surface area (Å²) in [5, 5.41) is 19.3. The van der Waals surface area contributed by atoms with E-state index in [2.05, 4.69) is 0 Å². The van der Waals surface area contributed by atoms with Crippen LogP contribution in [0.15, 0.2) is 18.2 Å². The predicted octanol–water partition coefficient (Wildman–Crippen LogP) is 1.54. The first-order valence-corrected chi connectivity index (χ1v) is 8.92. The lowest BCUT2D eigenvalue weighted by molar-refractivity contribution is -0.139. The number of amides is 2. The Bertz CT molecular complexity index is 675. The number of carbonyl (C=O) groups excluding carboxylic acids is 2. The topological polar surface area (TPSA) is 81.1 Å². The fourth-order valence-electron chi connectivity index (χ4n) is 4.13. The molecule has 136 valence electrons. The van der Waals surface area contributed by atoms with Gasteiger partial charge in [0.15, 0.2) is 0 Å². The van der Waals surface area contributed by atoms with E-state index in [1.807, 2.05) is 13.0 Å². The quantitative estimate of drug-likeness (QED) is 0.870. The monoisotopic (exact) mass is 346 g/mol. The van der Waals surface area contributed by atoms with Gasteiger partial charge in [0, 0.05) is 38.0 Å². The molecule has 6 heteroatoms. The Morgan fingerprint density at radius 1 is 1.28 bits per heavy atom. The number of aromatic hydroxyl groups is 1. The number of phenols is 1. The molecule has 1 atom stereocenters. The summed E-state index contributed by atoms with van der Waals surface area (Å²) < 4.78 is 0. The molecule has 1 spiro atoms. The number of rotatable bonds is 3. The molecule has 0 unspecified atom stereocenters. The van der Waals surface area contributed by atoms with Gasteiger partial charge in [-0.1, -0.05) is 6.07 Å². The summed E-state index contributed by atoms with van der Waals surface area (Å²) in [4.78, 5) is 28.4. The van der Waals surface area contributed by atoms with Crippen LogP contribution in [0.1, 0.15) is 41.6 Å². The minimum Gasteiger partial charge on any atom is -0.507 e. The minimum atomic E-state index is -0.151. The summed E-state index contributed by atoms with van der Waals surface area (Å²) in [5.74, 6) is -0.0492. The summed E-state index contributed by atoms with van der Waals surface area (Å²) in [7, 11) is 0. The zero-order valence-corrected chi connectivity index (χ0v) is 14.7. The van der Waals surface area contributed by atoms with Gasteiger partial charge in [0.05, 0.1) is 12.2 Å². The molecule has 0 aliphatic carbocycles. The molecule has 2 aliphatic heterocycles. The first-order chi connectivity index (χ1) is 11.9. The Labute approximate surface area is 148 Å². The molecule has 1 aromatic carbocycles. The molecule has 6 nitrogen and oxygen atoms in total. The lowest BCUT2D eigenvalue weighted by Gasteiger charge is -2.48. The number of hydrogen-bond acceptors (Lipinski definition) is 4. The van der Waals surface area contributed by atoms with E-state index in [4.69, 9.17) is 0 Å². The lowest BCUT2D eigenvalue weighted by atomic mass is 9.73. The molecule has 0 radical (unpaired) electrons. The predicted molar refractivity (Wildman–Crippen MR) is 93.3 cm³/mol. The first-order valence-electron chi connectivity index (χ1n) is 8.92. The van der Waals surface area contributed by atoms with Crippen LogP contribution in [0, 0.1) is 12.3 Å². The van der Waals surface area contributed by atoms with Gasteiger partial charge in [-0.3, -0.25) is 9.59 Å². The molecular weight excluding hydrogens is 320 g/mol. The van der Waals surface area contributed by atoms with Crippen molar-refractivity contribution in [1.29, 1.82) is 0 Å². The van der Waals surface area contributed by atoms with Gasteiger partial charge in [0.2, 0.25) is 5.91 Å². The fraction of sp³-hybridized carbons (Fsp3) is 0.579. The van der Waals surface area contributed by atoms with Crippen LogP contribution in [0.3, 0.4) is 0 Å². The van der Waals surface area contributed by atoms with Crippen molar-refractivity contribution >= 4 is 11.8 Å². The van der Waals surface area contributed by atoms with Crippen molar-refractivity contribution in [3.05, 3.63) is 29.3 Å². The number of benzene rings is 1. The van der Waals surface area contributed by atoms with Gasteiger partial charge in [-0.2, -0.15) is 0 Å². The second-order valence-electron chi connectivity index (χ2n) is 7.39. The van der Waals surface area contributed by atoms with Crippen molar-refractivity contribution in [3.63, 3.8) is 0 Å². The second-order valence-corrected chi connectivity index (χ2v) is 7.39.